The molecule has 0 saturated carbocycles. The minimum atomic E-state index is 0.0418. The van der Waals surface area contributed by atoms with Crippen molar-refractivity contribution in [2.75, 3.05) is 0 Å². The quantitative estimate of drug-likeness (QED) is 0.806. The van der Waals surface area contributed by atoms with Crippen molar-refractivity contribution < 1.29 is 4.79 Å². The third kappa shape index (κ3) is 2.05. The van der Waals surface area contributed by atoms with Crippen molar-refractivity contribution in [1.29, 1.82) is 0 Å². The van der Waals surface area contributed by atoms with Gasteiger partial charge in [0.05, 0.1) is 28.0 Å². The molecular weight excluding hydrogens is 272 g/mol. The van der Waals surface area contributed by atoms with Gasteiger partial charge in [-0.2, -0.15) is 0 Å². The second kappa shape index (κ2) is 4.71. The number of hydrogen-bond acceptors (Lipinski definition) is 4. The Morgan fingerprint density at radius 3 is 3.05 bits per heavy atom. The molecule has 104 valence electrons. The third-order valence-electron chi connectivity index (χ3n) is 4.21. The smallest absolute Gasteiger partial charge is 0.261 e. The van der Waals surface area contributed by atoms with Crippen LogP contribution in [0.15, 0.2) is 24.7 Å². The second-order valence-corrected chi connectivity index (χ2v) is 6.58. The van der Waals surface area contributed by atoms with Crippen molar-refractivity contribution in [2.45, 2.75) is 37.4 Å². The first-order valence-electron chi connectivity index (χ1n) is 6.95. The second-order valence-electron chi connectivity index (χ2n) is 5.49. The normalized spacial score (nSPS) is 27.9. The van der Waals surface area contributed by atoms with Gasteiger partial charge in [0.2, 0.25) is 0 Å². The molecule has 0 unspecified atom stereocenters. The molecule has 2 aliphatic rings. The Morgan fingerprint density at radius 1 is 1.40 bits per heavy atom. The van der Waals surface area contributed by atoms with Crippen molar-refractivity contribution in [3.8, 4) is 10.6 Å². The molecule has 0 spiro atoms. The van der Waals surface area contributed by atoms with Gasteiger partial charge in [0.1, 0.15) is 0 Å². The summed E-state index contributed by atoms with van der Waals surface area (Å²) in [7, 11) is 0. The summed E-state index contributed by atoms with van der Waals surface area (Å²) in [4.78, 5) is 21.2. The number of hydrogen-bond donors (Lipinski definition) is 3. The number of fused-ring (bicyclic) bond motifs is 2. The van der Waals surface area contributed by atoms with Crippen molar-refractivity contribution in [1.82, 2.24) is 20.6 Å². The van der Waals surface area contributed by atoms with E-state index in [1.165, 1.54) is 24.2 Å². The first kappa shape index (κ1) is 12.1. The maximum atomic E-state index is 12.3. The number of carbonyl (C=O) groups excluding carboxylic acids is 1. The average molecular weight is 288 g/mol. The van der Waals surface area contributed by atoms with Crippen LogP contribution in [-0.2, 0) is 0 Å². The third-order valence-corrected chi connectivity index (χ3v) is 5.33. The molecule has 1 amide bonds. The molecule has 3 atom stereocenters. The Balaban J connectivity index is 1.46. The molecule has 2 saturated heterocycles. The highest BCUT2D eigenvalue weighted by Gasteiger charge is 2.39. The van der Waals surface area contributed by atoms with Gasteiger partial charge < -0.3 is 15.6 Å². The zero-order chi connectivity index (χ0) is 13.5. The first-order valence-corrected chi connectivity index (χ1v) is 7.77. The Bertz CT molecular complexity index is 621. The van der Waals surface area contributed by atoms with Crippen LogP contribution >= 0.6 is 11.3 Å². The van der Waals surface area contributed by atoms with Crippen LogP contribution in [0.2, 0.25) is 0 Å². The lowest BCUT2D eigenvalue weighted by atomic mass is 9.95. The van der Waals surface area contributed by atoms with Gasteiger partial charge in [0.15, 0.2) is 0 Å². The standard InChI is InChI=1S/C14H16N4OS/c19-14(18-10-5-8-1-2-9(10)17-8)13-4-3-12(20-13)11-6-15-7-16-11/h3-4,6-10,17H,1-2,5H2,(H,15,16)(H,18,19)/t8-,9+,10-/m1/s1. The van der Waals surface area contributed by atoms with Crippen LogP contribution in [0.3, 0.4) is 0 Å². The lowest BCUT2D eigenvalue weighted by Gasteiger charge is -2.20. The lowest BCUT2D eigenvalue weighted by Crippen LogP contribution is -2.42. The van der Waals surface area contributed by atoms with E-state index in [0.717, 1.165) is 21.9 Å². The largest absolute Gasteiger partial charge is 0.347 e. The van der Waals surface area contributed by atoms with E-state index in [0.29, 0.717) is 18.1 Å². The molecule has 0 aliphatic carbocycles. The summed E-state index contributed by atoms with van der Waals surface area (Å²) < 4.78 is 0. The lowest BCUT2D eigenvalue weighted by molar-refractivity contribution is 0.0935. The molecule has 3 N–H and O–H groups in total. The van der Waals surface area contributed by atoms with Gasteiger partial charge in [0.25, 0.3) is 5.91 Å². The molecule has 4 heterocycles. The summed E-state index contributed by atoms with van der Waals surface area (Å²) in [5.41, 5.74) is 0.954. The molecule has 6 heteroatoms. The maximum absolute atomic E-state index is 12.3. The Labute approximate surface area is 120 Å². The van der Waals surface area contributed by atoms with Gasteiger partial charge in [0, 0.05) is 18.1 Å². The molecule has 20 heavy (non-hydrogen) atoms. The summed E-state index contributed by atoms with van der Waals surface area (Å²) in [6, 6.07) is 5.22. The van der Waals surface area contributed by atoms with E-state index >= 15 is 0 Å². The van der Waals surface area contributed by atoms with Crippen molar-refractivity contribution >= 4 is 17.2 Å². The molecule has 2 bridgehead atoms. The Kier molecular flexibility index (Phi) is 2.85. The van der Waals surface area contributed by atoms with E-state index in [1.54, 1.807) is 12.5 Å². The van der Waals surface area contributed by atoms with E-state index in [-0.39, 0.29) is 5.91 Å². The number of aromatic nitrogens is 2. The van der Waals surface area contributed by atoms with Crippen molar-refractivity contribution in [3.05, 3.63) is 29.5 Å². The number of amides is 1. The minimum Gasteiger partial charge on any atom is -0.347 e. The van der Waals surface area contributed by atoms with Crippen LogP contribution in [-0.4, -0.2) is 34.0 Å². The van der Waals surface area contributed by atoms with E-state index in [1.807, 2.05) is 12.1 Å². The number of imidazole rings is 1. The summed E-state index contributed by atoms with van der Waals surface area (Å²) in [6.45, 7) is 0. The van der Waals surface area contributed by atoms with E-state index in [2.05, 4.69) is 20.6 Å². The molecule has 0 radical (unpaired) electrons. The average Bonchev–Trinajstić information content (AvgIpc) is 3.21. The highest BCUT2D eigenvalue weighted by molar-refractivity contribution is 7.17. The Morgan fingerprint density at radius 2 is 2.35 bits per heavy atom. The molecule has 0 aromatic carbocycles. The fourth-order valence-corrected chi connectivity index (χ4v) is 4.10. The van der Waals surface area contributed by atoms with Gasteiger partial charge in [-0.15, -0.1) is 11.3 Å². The molecule has 4 rings (SSSR count). The first-order chi connectivity index (χ1) is 9.79. The summed E-state index contributed by atoms with van der Waals surface area (Å²) >= 11 is 1.50. The molecule has 5 nitrogen and oxygen atoms in total. The van der Waals surface area contributed by atoms with E-state index in [4.69, 9.17) is 0 Å². The zero-order valence-electron chi connectivity index (χ0n) is 10.9. The number of carbonyl (C=O) groups is 1. The number of nitrogens with zero attached hydrogens (tertiary/aromatic N) is 1. The van der Waals surface area contributed by atoms with Crippen molar-refractivity contribution in [3.63, 3.8) is 0 Å². The Hall–Kier alpha value is -1.66. The van der Waals surface area contributed by atoms with Crippen LogP contribution in [0.4, 0.5) is 0 Å². The monoisotopic (exact) mass is 288 g/mol. The number of rotatable bonds is 3. The van der Waals surface area contributed by atoms with Crippen LogP contribution < -0.4 is 10.6 Å². The maximum Gasteiger partial charge on any atom is 0.261 e. The molecule has 2 fully saturated rings. The van der Waals surface area contributed by atoms with Gasteiger partial charge in [-0.3, -0.25) is 4.79 Å². The molecular formula is C14H16N4OS. The predicted octanol–water partition coefficient (Wildman–Crippen LogP) is 1.76. The number of nitrogens with one attached hydrogen (secondary N) is 3. The minimum absolute atomic E-state index is 0.0418. The summed E-state index contributed by atoms with van der Waals surface area (Å²) in [5, 5.41) is 6.71. The van der Waals surface area contributed by atoms with Gasteiger partial charge in [-0.05, 0) is 31.4 Å². The number of H-pyrrole nitrogens is 1. The van der Waals surface area contributed by atoms with Crippen LogP contribution in [0.1, 0.15) is 28.9 Å². The van der Waals surface area contributed by atoms with Gasteiger partial charge >= 0.3 is 0 Å². The fourth-order valence-electron chi connectivity index (χ4n) is 3.22. The van der Waals surface area contributed by atoms with Gasteiger partial charge in [-0.1, -0.05) is 0 Å². The summed E-state index contributed by atoms with van der Waals surface area (Å²) in [5.74, 6) is 0.0418. The topological polar surface area (TPSA) is 69.8 Å². The van der Waals surface area contributed by atoms with Crippen molar-refractivity contribution in [2.24, 2.45) is 0 Å². The van der Waals surface area contributed by atoms with E-state index in [9.17, 15) is 4.79 Å². The van der Waals surface area contributed by atoms with E-state index < -0.39 is 0 Å². The zero-order valence-corrected chi connectivity index (χ0v) is 11.7. The molecule has 2 aliphatic heterocycles. The summed E-state index contributed by atoms with van der Waals surface area (Å²) in [6.07, 6.45) is 6.91. The fraction of sp³-hybridized carbons (Fsp3) is 0.429. The number of aromatic amines is 1. The highest BCUT2D eigenvalue weighted by Crippen LogP contribution is 2.30. The predicted molar refractivity (Wildman–Crippen MR) is 77.7 cm³/mol. The van der Waals surface area contributed by atoms with Crippen LogP contribution in [0, 0.1) is 0 Å². The van der Waals surface area contributed by atoms with Crippen LogP contribution in [0.5, 0.6) is 0 Å². The molecule has 2 aromatic heterocycles. The van der Waals surface area contributed by atoms with Crippen LogP contribution in [0.25, 0.3) is 10.6 Å². The SMILES string of the molecule is O=C(N[C@@H]1C[C@H]2CC[C@@H]1N2)c1ccc(-c2cnc[nH]2)s1. The highest BCUT2D eigenvalue weighted by atomic mass is 32.1. The number of thiophene rings is 1. The molecule has 2 aromatic rings. The van der Waals surface area contributed by atoms with Gasteiger partial charge in [-0.25, -0.2) is 4.98 Å².